The van der Waals surface area contributed by atoms with Crippen LogP contribution in [0.5, 0.6) is 5.75 Å². The van der Waals surface area contributed by atoms with Crippen molar-refractivity contribution in [2.75, 3.05) is 46.4 Å². The molecule has 1 amide bonds. The number of carboxylic acids is 1. The lowest BCUT2D eigenvalue weighted by molar-refractivity contribution is -0.192. The molecule has 182 valence electrons. The zero-order valence-corrected chi connectivity index (χ0v) is 18.7. The average Bonchev–Trinajstić information content (AvgIpc) is 2.76. The first-order valence-corrected chi connectivity index (χ1v) is 11.3. The second kappa shape index (κ2) is 12.6. The van der Waals surface area contributed by atoms with Crippen LogP contribution in [0.3, 0.4) is 0 Å². The van der Waals surface area contributed by atoms with Gasteiger partial charge >= 0.3 is 12.1 Å². The number of hydrogen-bond acceptors (Lipinski definition) is 6. The lowest BCUT2D eigenvalue weighted by Gasteiger charge is -2.28. The Kier molecular flexibility index (Phi) is 10.9. The summed E-state index contributed by atoms with van der Waals surface area (Å²) in [6.45, 7) is 5.45. The molecule has 1 saturated heterocycles. The molecule has 0 saturated carbocycles. The van der Waals surface area contributed by atoms with Crippen LogP contribution >= 0.6 is 0 Å². The van der Waals surface area contributed by atoms with E-state index in [9.17, 15) is 26.4 Å². The third kappa shape index (κ3) is 8.63. The van der Waals surface area contributed by atoms with Crippen molar-refractivity contribution in [3.63, 3.8) is 0 Å². The second-order valence-corrected chi connectivity index (χ2v) is 8.70. The quantitative estimate of drug-likeness (QED) is 0.576. The summed E-state index contributed by atoms with van der Waals surface area (Å²) < 4.78 is 63.9. The zero-order valence-electron chi connectivity index (χ0n) is 17.9. The van der Waals surface area contributed by atoms with Gasteiger partial charge in [-0.25, -0.2) is 13.2 Å². The minimum absolute atomic E-state index is 0.00698. The molecule has 0 bridgehead atoms. The van der Waals surface area contributed by atoms with Gasteiger partial charge in [-0.3, -0.25) is 4.79 Å². The highest BCUT2D eigenvalue weighted by molar-refractivity contribution is 7.89. The number of sulfonamides is 1. The summed E-state index contributed by atoms with van der Waals surface area (Å²) in [6, 6.07) is 6.33. The summed E-state index contributed by atoms with van der Waals surface area (Å²) in [5, 5.41) is 10.3. The molecule has 0 spiro atoms. The standard InChI is InChI=1S/C17H27N3O4S.C2HF3O2/c1-3-11-20(12-8-17(21)19-13-9-18-10-14-19)25(22,23)16-6-4-15(24-2)5-7-16;3-2(4,5)1(6)7/h4-7,18H,3,8-14H2,1-2H3;(H,6,7). The van der Waals surface area contributed by atoms with Gasteiger partial charge in [0.05, 0.1) is 12.0 Å². The molecule has 1 fully saturated rings. The fraction of sp³-hybridized carbons (Fsp3) is 0.579. The Hall–Kier alpha value is -2.38. The maximum Gasteiger partial charge on any atom is 0.490 e. The van der Waals surface area contributed by atoms with Crippen molar-refractivity contribution < 1.29 is 41.0 Å². The molecular formula is C19H28F3N3O6S. The van der Waals surface area contributed by atoms with E-state index in [0.717, 1.165) is 13.1 Å². The van der Waals surface area contributed by atoms with Crippen molar-refractivity contribution in [3.05, 3.63) is 24.3 Å². The van der Waals surface area contributed by atoms with Gasteiger partial charge in [0, 0.05) is 45.7 Å². The first-order chi connectivity index (χ1) is 14.9. The Morgan fingerprint density at radius 3 is 2.12 bits per heavy atom. The van der Waals surface area contributed by atoms with E-state index >= 15 is 0 Å². The van der Waals surface area contributed by atoms with Gasteiger partial charge < -0.3 is 20.1 Å². The molecule has 32 heavy (non-hydrogen) atoms. The predicted molar refractivity (Wildman–Crippen MR) is 110 cm³/mol. The number of carbonyl (C=O) groups excluding carboxylic acids is 1. The van der Waals surface area contributed by atoms with E-state index < -0.39 is 22.2 Å². The highest BCUT2D eigenvalue weighted by atomic mass is 32.2. The SMILES string of the molecule is CCCN(CCC(=O)N1CCNCC1)S(=O)(=O)c1ccc(OC)cc1.O=C(O)C(F)(F)F. The maximum atomic E-state index is 12.9. The molecule has 9 nitrogen and oxygen atoms in total. The van der Waals surface area contributed by atoms with Crippen LogP contribution in [0.15, 0.2) is 29.2 Å². The second-order valence-electron chi connectivity index (χ2n) is 6.76. The third-order valence-electron chi connectivity index (χ3n) is 4.46. The van der Waals surface area contributed by atoms with Gasteiger partial charge in [-0.1, -0.05) is 6.92 Å². The van der Waals surface area contributed by atoms with E-state index in [0.29, 0.717) is 31.8 Å². The minimum atomic E-state index is -5.08. The summed E-state index contributed by atoms with van der Waals surface area (Å²) in [7, 11) is -2.08. The molecular weight excluding hydrogens is 455 g/mol. The Morgan fingerprint density at radius 1 is 1.16 bits per heavy atom. The monoisotopic (exact) mass is 483 g/mol. The fourth-order valence-corrected chi connectivity index (χ4v) is 4.32. The van der Waals surface area contributed by atoms with Crippen molar-refractivity contribution in [1.82, 2.24) is 14.5 Å². The molecule has 13 heteroatoms. The number of carbonyl (C=O) groups is 2. The van der Waals surface area contributed by atoms with Gasteiger partial charge in [-0.15, -0.1) is 0 Å². The first-order valence-electron chi connectivity index (χ1n) is 9.86. The number of halogens is 3. The first kappa shape index (κ1) is 27.7. The van der Waals surface area contributed by atoms with E-state index in [4.69, 9.17) is 14.6 Å². The van der Waals surface area contributed by atoms with Crippen molar-refractivity contribution in [3.8, 4) is 5.75 Å². The number of methoxy groups -OCH3 is 1. The molecule has 1 aliphatic rings. The number of amides is 1. The van der Waals surface area contributed by atoms with Gasteiger partial charge in [-0.2, -0.15) is 17.5 Å². The van der Waals surface area contributed by atoms with Gasteiger partial charge in [-0.05, 0) is 30.7 Å². The molecule has 1 heterocycles. The predicted octanol–water partition coefficient (Wildman–Crippen LogP) is 1.55. The fourth-order valence-electron chi connectivity index (χ4n) is 2.79. The number of rotatable bonds is 8. The summed E-state index contributed by atoms with van der Waals surface area (Å²) in [5.74, 6) is -2.14. The molecule has 0 unspecified atom stereocenters. The van der Waals surface area contributed by atoms with Crippen LogP contribution in [-0.4, -0.2) is 87.2 Å². The Labute approximate surface area is 185 Å². The number of nitrogens with zero attached hydrogens (tertiary/aromatic N) is 2. The van der Waals surface area contributed by atoms with Crippen LogP contribution in [0.2, 0.25) is 0 Å². The molecule has 1 aromatic rings. The number of carboxylic acid groups (broad SMARTS) is 1. The largest absolute Gasteiger partial charge is 0.497 e. The molecule has 0 aliphatic carbocycles. The number of ether oxygens (including phenoxy) is 1. The van der Waals surface area contributed by atoms with Crippen molar-refractivity contribution in [2.24, 2.45) is 0 Å². The smallest absolute Gasteiger partial charge is 0.490 e. The van der Waals surface area contributed by atoms with E-state index in [-0.39, 0.29) is 23.8 Å². The number of piperazine rings is 1. The van der Waals surface area contributed by atoms with Gasteiger partial charge in [0.15, 0.2) is 0 Å². The van der Waals surface area contributed by atoms with E-state index in [1.807, 2.05) is 6.92 Å². The average molecular weight is 484 g/mol. The Balaban J connectivity index is 0.000000633. The lowest BCUT2D eigenvalue weighted by Crippen LogP contribution is -2.47. The molecule has 0 radical (unpaired) electrons. The van der Waals surface area contributed by atoms with Crippen LogP contribution in [0.25, 0.3) is 0 Å². The van der Waals surface area contributed by atoms with Crippen LogP contribution in [0.1, 0.15) is 19.8 Å². The molecule has 1 aromatic carbocycles. The van der Waals surface area contributed by atoms with Crippen molar-refractivity contribution >= 4 is 21.9 Å². The van der Waals surface area contributed by atoms with E-state index in [1.54, 1.807) is 17.0 Å². The van der Waals surface area contributed by atoms with E-state index in [1.165, 1.54) is 23.5 Å². The number of alkyl halides is 3. The number of nitrogens with one attached hydrogen (secondary N) is 1. The van der Waals surface area contributed by atoms with E-state index in [2.05, 4.69) is 5.32 Å². The van der Waals surface area contributed by atoms with Gasteiger partial charge in [0.1, 0.15) is 5.75 Å². The topological polar surface area (TPSA) is 116 Å². The molecule has 0 atom stereocenters. The van der Waals surface area contributed by atoms with Crippen LogP contribution in [0.4, 0.5) is 13.2 Å². The van der Waals surface area contributed by atoms with Crippen molar-refractivity contribution in [2.45, 2.75) is 30.8 Å². The summed E-state index contributed by atoms with van der Waals surface area (Å²) >= 11 is 0. The van der Waals surface area contributed by atoms with Crippen LogP contribution < -0.4 is 10.1 Å². The highest BCUT2D eigenvalue weighted by Gasteiger charge is 2.38. The van der Waals surface area contributed by atoms with Crippen molar-refractivity contribution in [1.29, 1.82) is 0 Å². The van der Waals surface area contributed by atoms with Gasteiger partial charge in [0.25, 0.3) is 0 Å². The zero-order chi connectivity index (χ0) is 24.4. The number of aliphatic carboxylic acids is 1. The maximum absolute atomic E-state index is 12.9. The minimum Gasteiger partial charge on any atom is -0.497 e. The molecule has 1 aliphatic heterocycles. The van der Waals surface area contributed by atoms with Gasteiger partial charge in [0.2, 0.25) is 15.9 Å². The Bertz CT molecular complexity index is 841. The summed E-state index contributed by atoms with van der Waals surface area (Å²) in [5.41, 5.74) is 0. The lowest BCUT2D eigenvalue weighted by atomic mass is 10.3. The molecule has 0 aromatic heterocycles. The van der Waals surface area contributed by atoms with Crippen LogP contribution in [0, 0.1) is 0 Å². The van der Waals surface area contributed by atoms with Crippen LogP contribution in [-0.2, 0) is 19.6 Å². The molecule has 2 rings (SSSR count). The number of hydrogen-bond donors (Lipinski definition) is 2. The number of benzene rings is 1. The Morgan fingerprint density at radius 2 is 1.69 bits per heavy atom. The summed E-state index contributed by atoms with van der Waals surface area (Å²) in [6.07, 6.45) is -4.19. The molecule has 2 N–H and O–H groups in total. The summed E-state index contributed by atoms with van der Waals surface area (Å²) in [4.78, 5) is 23.2. The third-order valence-corrected chi connectivity index (χ3v) is 6.37. The highest BCUT2D eigenvalue weighted by Crippen LogP contribution is 2.20. The normalized spacial score (nSPS) is 14.5.